The van der Waals surface area contributed by atoms with Gasteiger partial charge in [-0.3, -0.25) is 0 Å². The van der Waals surface area contributed by atoms with Crippen LogP contribution < -0.4 is 0 Å². The SMILES string of the molecule is Cc1cc(-c2cccc(-c3ccccc3)c2)c2c(c1)C(C)(C)c1cc(-c3ccc4c(c3)C(CCC(C)C)(CCC(C)C)c3cc(-c5ccc6c(c5)C(CCC(C)C)(CCC(C)C)c5cc(-c7ccc8c(c7)C(CCC(C)C)(CCC(C)C)c7ccccc7-8)ccc5-6)ccc3-4)cc(-c3cccc(-c4ccccc4)c3)c1-2. The van der Waals surface area contributed by atoms with Gasteiger partial charge in [0, 0.05) is 21.7 Å². The summed E-state index contributed by atoms with van der Waals surface area (Å²) in [6.07, 6.45) is 13.9. The van der Waals surface area contributed by atoms with E-state index >= 15 is 0 Å². The van der Waals surface area contributed by atoms with Gasteiger partial charge in [-0.2, -0.15) is 0 Å². The molecule has 109 heavy (non-hydrogen) atoms. The Balaban J connectivity index is 0.829. The maximum Gasteiger partial charge on any atom is 0.0215 e. The first-order valence-electron chi connectivity index (χ1n) is 42.0. The van der Waals surface area contributed by atoms with Gasteiger partial charge in [0.25, 0.3) is 0 Å². The third-order valence-corrected chi connectivity index (χ3v) is 26.5. The third kappa shape index (κ3) is 13.4. The second kappa shape index (κ2) is 29.5. The van der Waals surface area contributed by atoms with E-state index < -0.39 is 0 Å². The molecule has 4 aliphatic rings. The minimum Gasteiger partial charge on any atom is -0.0628 e. The van der Waals surface area contributed by atoms with E-state index in [2.05, 4.69) is 353 Å². The van der Waals surface area contributed by atoms with Crippen LogP contribution in [0, 0.1) is 42.4 Å². The standard InChI is InChI=1S/C109H116/c1-69(2)46-52-107(53-47-70(3)4)96-35-23-22-34-88(96)89-41-36-80(63-97(89)107)81-37-42-90-91-43-38-82(65-99(91)108(98(90)64-81,54-48-71(5)6)55-49-72(7)8)83-39-44-92-93-45-40-84(67-101(93)109(100(92)66-83,56-50-73(9)10)57-51-74(11)12)87-62-95(86-33-25-31-79(61-86)77-28-20-17-21-29-77)105-103(68-87)106(14,15)102-59-75(13)58-94(104(102)105)85-32-24-30-78(60-85)76-26-18-16-19-27-76/h16-45,58-74H,46-57H2,1-15H3. The van der Waals surface area contributed by atoms with Crippen LogP contribution in [0.5, 0.6) is 0 Å². The predicted octanol–water partition coefficient (Wildman–Crippen LogP) is 31.4. The molecule has 0 fully saturated rings. The second-order valence-corrected chi connectivity index (χ2v) is 36.9. The molecule has 0 radical (unpaired) electrons. The van der Waals surface area contributed by atoms with Crippen LogP contribution in [0.2, 0.25) is 0 Å². The molecular weight excluding hydrogens is 1310 g/mol. The van der Waals surface area contributed by atoms with Crippen LogP contribution in [0.25, 0.3) is 122 Å². The Hall–Kier alpha value is -9.36. The summed E-state index contributed by atoms with van der Waals surface area (Å²) in [5.74, 6) is 3.56. The highest BCUT2D eigenvalue weighted by Gasteiger charge is 2.48. The molecule has 0 unspecified atom stereocenters. The summed E-state index contributed by atoms with van der Waals surface area (Å²) in [4.78, 5) is 0. The normalized spacial score (nSPS) is 14.9. The van der Waals surface area contributed by atoms with Gasteiger partial charge in [0.2, 0.25) is 0 Å². The zero-order valence-electron chi connectivity index (χ0n) is 68.1. The van der Waals surface area contributed by atoms with E-state index in [1.807, 2.05) is 0 Å². The van der Waals surface area contributed by atoms with Crippen molar-refractivity contribution < 1.29 is 0 Å². The van der Waals surface area contributed by atoms with Gasteiger partial charge in [0.05, 0.1) is 0 Å². The van der Waals surface area contributed by atoms with Crippen LogP contribution in [0.4, 0.5) is 0 Å². The molecule has 0 amide bonds. The molecule has 4 aliphatic carbocycles. The van der Waals surface area contributed by atoms with Gasteiger partial charge in [-0.25, -0.2) is 0 Å². The van der Waals surface area contributed by atoms with E-state index in [0.717, 1.165) is 38.5 Å². The molecule has 12 aromatic rings. The summed E-state index contributed by atoms with van der Waals surface area (Å²) in [7, 11) is 0. The van der Waals surface area contributed by atoms with E-state index in [1.54, 1.807) is 22.3 Å². The lowest BCUT2D eigenvalue weighted by Gasteiger charge is -2.35. The summed E-state index contributed by atoms with van der Waals surface area (Å²) in [6, 6.07) is 98.7. The van der Waals surface area contributed by atoms with E-state index in [1.165, 1.54) is 189 Å². The van der Waals surface area contributed by atoms with Crippen molar-refractivity contribution >= 4 is 0 Å². The fraction of sp³-hybridized carbons (Fsp3) is 0.339. The molecule has 0 nitrogen and oxygen atoms in total. The van der Waals surface area contributed by atoms with Gasteiger partial charge in [0.15, 0.2) is 0 Å². The summed E-state index contributed by atoms with van der Waals surface area (Å²) in [6.45, 7) is 36.5. The van der Waals surface area contributed by atoms with Gasteiger partial charge in [-0.1, -0.05) is 297 Å². The van der Waals surface area contributed by atoms with Crippen molar-refractivity contribution in [3.63, 3.8) is 0 Å². The smallest absolute Gasteiger partial charge is 0.0215 e. The van der Waals surface area contributed by atoms with Crippen molar-refractivity contribution in [3.05, 3.63) is 299 Å². The van der Waals surface area contributed by atoms with Crippen molar-refractivity contribution in [1.82, 2.24) is 0 Å². The molecule has 0 N–H and O–H groups in total. The molecule has 0 spiro atoms. The molecule has 16 rings (SSSR count). The van der Waals surface area contributed by atoms with E-state index in [-0.39, 0.29) is 21.7 Å². The second-order valence-electron chi connectivity index (χ2n) is 36.9. The molecule has 0 bridgehead atoms. The number of hydrogen-bond acceptors (Lipinski definition) is 0. The van der Waals surface area contributed by atoms with Crippen molar-refractivity contribution in [2.45, 2.75) is 203 Å². The first-order valence-corrected chi connectivity index (χ1v) is 42.0. The average molecular weight is 1430 g/mol. The molecule has 552 valence electrons. The van der Waals surface area contributed by atoms with E-state index in [9.17, 15) is 0 Å². The number of fused-ring (bicyclic) bond motifs is 12. The van der Waals surface area contributed by atoms with Crippen molar-refractivity contribution in [3.8, 4) is 122 Å². The van der Waals surface area contributed by atoms with E-state index in [0.29, 0.717) is 35.5 Å². The third-order valence-electron chi connectivity index (χ3n) is 26.5. The van der Waals surface area contributed by atoms with Gasteiger partial charge >= 0.3 is 0 Å². The fourth-order valence-electron chi connectivity index (χ4n) is 20.3. The molecule has 0 aliphatic heterocycles. The monoisotopic (exact) mass is 1420 g/mol. The van der Waals surface area contributed by atoms with Gasteiger partial charge < -0.3 is 0 Å². The molecule has 12 aromatic carbocycles. The Kier molecular flexibility index (Phi) is 19.9. The lowest BCUT2D eigenvalue weighted by Crippen LogP contribution is -2.27. The number of hydrogen-bond donors (Lipinski definition) is 0. The van der Waals surface area contributed by atoms with Gasteiger partial charge in [0.1, 0.15) is 0 Å². The van der Waals surface area contributed by atoms with Crippen LogP contribution in [0.15, 0.2) is 249 Å². The van der Waals surface area contributed by atoms with Gasteiger partial charge in [-0.05, 0) is 341 Å². The Bertz CT molecular complexity index is 5350. The topological polar surface area (TPSA) is 0 Å². The highest BCUT2D eigenvalue weighted by atomic mass is 14.5. The van der Waals surface area contributed by atoms with Gasteiger partial charge in [-0.15, -0.1) is 0 Å². The Morgan fingerprint density at radius 1 is 0.202 bits per heavy atom. The summed E-state index contributed by atoms with van der Waals surface area (Å²) < 4.78 is 0. The molecule has 0 aromatic heterocycles. The van der Waals surface area contributed by atoms with Crippen molar-refractivity contribution in [2.24, 2.45) is 35.5 Å². The van der Waals surface area contributed by atoms with Crippen LogP contribution in [-0.4, -0.2) is 0 Å². The summed E-state index contributed by atoms with van der Waals surface area (Å²) in [5, 5.41) is 0. The van der Waals surface area contributed by atoms with Crippen LogP contribution in [-0.2, 0) is 21.7 Å². The zero-order chi connectivity index (χ0) is 75.8. The first-order chi connectivity index (χ1) is 52.5. The summed E-state index contributed by atoms with van der Waals surface area (Å²) in [5.41, 5.74) is 42.0. The highest BCUT2D eigenvalue weighted by molar-refractivity contribution is 6.03. The molecule has 0 saturated carbocycles. The minimum atomic E-state index is -0.290. The highest BCUT2D eigenvalue weighted by Crippen LogP contribution is 2.62. The molecule has 0 heterocycles. The maximum absolute atomic E-state index is 2.71. The quantitative estimate of drug-likeness (QED) is 0.0535. The van der Waals surface area contributed by atoms with Crippen molar-refractivity contribution in [2.75, 3.05) is 0 Å². The van der Waals surface area contributed by atoms with Crippen LogP contribution >= 0.6 is 0 Å². The first kappa shape index (κ1) is 73.8. The molecule has 0 atom stereocenters. The number of aryl methyl sites for hydroxylation is 1. The Morgan fingerprint density at radius 3 is 0.826 bits per heavy atom. The lowest BCUT2D eigenvalue weighted by molar-refractivity contribution is 0.364. The molecule has 0 heteroatoms. The predicted molar refractivity (Wildman–Crippen MR) is 470 cm³/mol. The summed E-state index contributed by atoms with van der Waals surface area (Å²) >= 11 is 0. The van der Waals surface area contributed by atoms with Crippen molar-refractivity contribution in [1.29, 1.82) is 0 Å². The molecular formula is C109H116. The van der Waals surface area contributed by atoms with E-state index in [4.69, 9.17) is 0 Å². The van der Waals surface area contributed by atoms with Crippen LogP contribution in [0.3, 0.4) is 0 Å². The maximum atomic E-state index is 2.71. The zero-order valence-corrected chi connectivity index (χ0v) is 68.1. The average Bonchev–Trinajstić information content (AvgIpc) is 1.56. The Morgan fingerprint density at radius 2 is 0.468 bits per heavy atom. The molecule has 0 saturated heterocycles. The lowest BCUT2D eigenvalue weighted by atomic mass is 9.68. The minimum absolute atomic E-state index is 0.00358. The number of rotatable bonds is 25. The van der Waals surface area contributed by atoms with Crippen LogP contribution in [0.1, 0.15) is 224 Å². The number of benzene rings is 12. The fourth-order valence-corrected chi connectivity index (χ4v) is 20.3. The largest absolute Gasteiger partial charge is 0.0628 e. The Labute approximate surface area is 655 Å².